The monoisotopic (exact) mass is 303 g/mol. The first-order valence-electron chi connectivity index (χ1n) is 6.10. The molecule has 0 amide bonds. The van der Waals surface area contributed by atoms with Crippen LogP contribution >= 0.6 is 0 Å². The highest BCUT2D eigenvalue weighted by molar-refractivity contribution is 5.70. The molecule has 21 heavy (non-hydrogen) atoms. The third-order valence-corrected chi connectivity index (χ3v) is 3.06. The molecule has 2 aromatic rings. The Morgan fingerprint density at radius 2 is 2.33 bits per heavy atom. The van der Waals surface area contributed by atoms with Crippen molar-refractivity contribution in [3.05, 3.63) is 16.7 Å². The molecular weight excluding hydrogens is 288 g/mol. The van der Waals surface area contributed by atoms with E-state index in [4.69, 9.17) is 15.6 Å². The zero-order valence-corrected chi connectivity index (χ0v) is 11.2. The SMILES string of the molecule is CF.Nc1nc2c(ncn2C2OC(CO)CC2F)c(=O)[nH]1. The third kappa shape index (κ3) is 2.72. The highest BCUT2D eigenvalue weighted by Crippen LogP contribution is 2.32. The van der Waals surface area contributed by atoms with Gasteiger partial charge in [0, 0.05) is 6.42 Å². The van der Waals surface area contributed by atoms with E-state index in [0.717, 1.165) is 0 Å². The lowest BCUT2D eigenvalue weighted by atomic mass is 10.2. The number of fused-ring (bicyclic) bond motifs is 1. The Kier molecular flexibility index (Phi) is 4.48. The summed E-state index contributed by atoms with van der Waals surface area (Å²) in [5, 5.41) is 8.99. The number of nitrogens with two attached hydrogens (primary N) is 1. The van der Waals surface area contributed by atoms with Crippen molar-refractivity contribution in [1.29, 1.82) is 0 Å². The van der Waals surface area contributed by atoms with Crippen molar-refractivity contribution in [1.82, 2.24) is 19.5 Å². The number of aliphatic hydroxyl groups excluding tert-OH is 1. The Morgan fingerprint density at radius 1 is 1.62 bits per heavy atom. The molecule has 1 aliphatic heterocycles. The molecule has 2 aromatic heterocycles. The smallest absolute Gasteiger partial charge is 0.280 e. The minimum Gasteiger partial charge on any atom is -0.394 e. The van der Waals surface area contributed by atoms with Crippen LogP contribution in [-0.2, 0) is 4.74 Å². The van der Waals surface area contributed by atoms with Crippen LogP contribution in [0.1, 0.15) is 12.6 Å². The number of imidazole rings is 1. The molecule has 0 aromatic carbocycles. The summed E-state index contributed by atoms with van der Waals surface area (Å²) in [5.74, 6) is -0.0774. The van der Waals surface area contributed by atoms with Gasteiger partial charge >= 0.3 is 0 Å². The van der Waals surface area contributed by atoms with Gasteiger partial charge in [-0.15, -0.1) is 0 Å². The summed E-state index contributed by atoms with van der Waals surface area (Å²) in [6.45, 7) is -0.264. The van der Waals surface area contributed by atoms with Crippen LogP contribution < -0.4 is 11.3 Å². The molecule has 3 unspecified atom stereocenters. The first kappa shape index (κ1) is 15.3. The fourth-order valence-electron chi connectivity index (χ4n) is 2.19. The second-order valence-electron chi connectivity index (χ2n) is 4.36. The Labute approximate surface area is 117 Å². The van der Waals surface area contributed by atoms with Crippen LogP contribution in [0, 0.1) is 0 Å². The largest absolute Gasteiger partial charge is 0.394 e. The Balaban J connectivity index is 0.000000774. The molecule has 0 radical (unpaired) electrons. The predicted molar refractivity (Wildman–Crippen MR) is 70.1 cm³/mol. The first-order valence-corrected chi connectivity index (χ1v) is 6.10. The van der Waals surface area contributed by atoms with Crippen LogP contribution in [0.2, 0.25) is 0 Å². The number of alkyl halides is 2. The minimum absolute atomic E-state index is 0.0671. The van der Waals surface area contributed by atoms with Gasteiger partial charge in [-0.1, -0.05) is 0 Å². The Bertz CT molecular complexity index is 673. The molecule has 0 spiro atoms. The molecular formula is C11H15F2N5O3. The fourth-order valence-corrected chi connectivity index (χ4v) is 2.19. The lowest BCUT2D eigenvalue weighted by Crippen LogP contribution is -2.18. The number of nitrogens with one attached hydrogen (secondary N) is 1. The summed E-state index contributed by atoms with van der Waals surface area (Å²) in [7, 11) is 0.500. The van der Waals surface area contributed by atoms with E-state index in [9.17, 15) is 13.6 Å². The van der Waals surface area contributed by atoms with Gasteiger partial charge in [-0.05, 0) is 0 Å². The van der Waals surface area contributed by atoms with Crippen molar-refractivity contribution in [2.75, 3.05) is 19.5 Å². The van der Waals surface area contributed by atoms with Crippen LogP contribution in [0.3, 0.4) is 0 Å². The zero-order chi connectivity index (χ0) is 15.6. The minimum atomic E-state index is -1.31. The van der Waals surface area contributed by atoms with Crippen LogP contribution in [0.15, 0.2) is 11.1 Å². The van der Waals surface area contributed by atoms with E-state index in [2.05, 4.69) is 15.0 Å². The molecule has 4 N–H and O–H groups in total. The quantitative estimate of drug-likeness (QED) is 0.713. The maximum atomic E-state index is 13.9. The number of rotatable bonds is 2. The molecule has 3 atom stereocenters. The number of anilines is 1. The van der Waals surface area contributed by atoms with Gasteiger partial charge in [-0.25, -0.2) is 9.37 Å². The van der Waals surface area contributed by atoms with E-state index < -0.39 is 24.1 Å². The number of nitrogen functional groups attached to an aromatic ring is 1. The van der Waals surface area contributed by atoms with Gasteiger partial charge in [0.15, 0.2) is 17.4 Å². The number of aliphatic hydroxyl groups is 1. The van der Waals surface area contributed by atoms with Gasteiger partial charge in [-0.2, -0.15) is 4.98 Å². The standard InChI is InChI=1S/C10H12FN5O3.CH3F/c11-5-1-4(2-17)19-9(5)16-3-13-6-7(16)14-10(12)15-8(6)18;1-2/h3-5,9,17H,1-2H2,(H3,12,14,15,18);1H3. The summed E-state index contributed by atoms with van der Waals surface area (Å²) in [5.41, 5.74) is 5.19. The predicted octanol–water partition coefficient (Wildman–Crippen LogP) is -0.0946. The van der Waals surface area contributed by atoms with Crippen molar-refractivity contribution >= 4 is 17.1 Å². The number of ether oxygens (including phenoxy) is 1. The van der Waals surface area contributed by atoms with Crippen LogP contribution in [0.5, 0.6) is 0 Å². The van der Waals surface area contributed by atoms with E-state index >= 15 is 0 Å². The molecule has 1 saturated heterocycles. The highest BCUT2D eigenvalue weighted by atomic mass is 19.1. The summed E-state index contributed by atoms with van der Waals surface area (Å²) < 4.78 is 30.1. The Morgan fingerprint density at radius 3 is 2.95 bits per heavy atom. The van der Waals surface area contributed by atoms with E-state index in [0.29, 0.717) is 7.18 Å². The maximum absolute atomic E-state index is 13.9. The van der Waals surface area contributed by atoms with Crippen LogP contribution in [0.25, 0.3) is 11.2 Å². The zero-order valence-electron chi connectivity index (χ0n) is 11.2. The third-order valence-electron chi connectivity index (χ3n) is 3.06. The lowest BCUT2D eigenvalue weighted by Gasteiger charge is -2.15. The fraction of sp³-hybridized carbons (Fsp3) is 0.545. The van der Waals surface area contributed by atoms with Gasteiger partial charge in [0.05, 0.1) is 26.2 Å². The molecule has 3 heterocycles. The van der Waals surface area contributed by atoms with E-state index in [1.54, 1.807) is 0 Å². The average molecular weight is 303 g/mol. The number of aromatic amines is 1. The second-order valence-corrected chi connectivity index (χ2v) is 4.36. The number of nitrogens with zero attached hydrogens (tertiary/aromatic N) is 3. The normalized spacial score (nSPS) is 24.9. The van der Waals surface area contributed by atoms with E-state index in [-0.39, 0.29) is 30.1 Å². The van der Waals surface area contributed by atoms with Crippen molar-refractivity contribution in [2.45, 2.75) is 24.9 Å². The number of halogens is 2. The maximum Gasteiger partial charge on any atom is 0.280 e. The molecule has 10 heteroatoms. The number of hydrogen-bond donors (Lipinski definition) is 3. The average Bonchev–Trinajstić information content (AvgIpc) is 3.04. The van der Waals surface area contributed by atoms with Gasteiger partial charge in [-0.3, -0.25) is 18.7 Å². The van der Waals surface area contributed by atoms with Gasteiger partial charge < -0.3 is 15.6 Å². The molecule has 3 rings (SSSR count). The van der Waals surface area contributed by atoms with Crippen molar-refractivity contribution in [3.63, 3.8) is 0 Å². The van der Waals surface area contributed by atoms with Gasteiger partial charge in [0.25, 0.3) is 5.56 Å². The molecule has 8 nitrogen and oxygen atoms in total. The lowest BCUT2D eigenvalue weighted by molar-refractivity contribution is -0.0351. The molecule has 116 valence electrons. The molecule has 1 fully saturated rings. The molecule has 0 saturated carbocycles. The highest BCUT2D eigenvalue weighted by Gasteiger charge is 2.37. The summed E-state index contributed by atoms with van der Waals surface area (Å²) in [6.07, 6.45) is -1.48. The summed E-state index contributed by atoms with van der Waals surface area (Å²) in [6, 6.07) is 0. The van der Waals surface area contributed by atoms with Crippen LogP contribution in [-0.4, -0.2) is 50.7 Å². The summed E-state index contributed by atoms with van der Waals surface area (Å²) >= 11 is 0. The summed E-state index contributed by atoms with van der Waals surface area (Å²) in [4.78, 5) is 21.7. The van der Waals surface area contributed by atoms with Gasteiger partial charge in [0.2, 0.25) is 5.95 Å². The topological polar surface area (TPSA) is 119 Å². The molecule has 1 aliphatic rings. The van der Waals surface area contributed by atoms with E-state index in [1.807, 2.05) is 0 Å². The van der Waals surface area contributed by atoms with Crippen molar-refractivity contribution in [2.24, 2.45) is 0 Å². The number of hydrogen-bond acceptors (Lipinski definition) is 6. The number of H-pyrrole nitrogens is 1. The molecule has 0 bridgehead atoms. The molecule has 0 aliphatic carbocycles. The van der Waals surface area contributed by atoms with Crippen molar-refractivity contribution in [3.8, 4) is 0 Å². The van der Waals surface area contributed by atoms with E-state index in [1.165, 1.54) is 10.9 Å². The Hall–Kier alpha value is -2.07. The van der Waals surface area contributed by atoms with Crippen LogP contribution in [0.4, 0.5) is 14.7 Å². The van der Waals surface area contributed by atoms with Crippen molar-refractivity contribution < 1.29 is 18.6 Å². The number of aromatic nitrogens is 4. The van der Waals surface area contributed by atoms with Gasteiger partial charge in [0.1, 0.15) is 6.17 Å². The first-order chi connectivity index (χ1) is 10.1. The second kappa shape index (κ2) is 6.14.